The number of hydrogen-bond acceptors (Lipinski definition) is 2. The molecule has 2 heteroatoms. The van der Waals surface area contributed by atoms with Crippen molar-refractivity contribution in [2.24, 2.45) is 0 Å². The van der Waals surface area contributed by atoms with Crippen LogP contribution in [0.5, 0.6) is 5.75 Å². The molecule has 0 amide bonds. The maximum Gasteiger partial charge on any atom is 0.122 e. The molecule has 1 N–H and O–H groups in total. The summed E-state index contributed by atoms with van der Waals surface area (Å²) in [6, 6.07) is 6.42. The third kappa shape index (κ3) is 4.04. The number of ether oxygens (including phenoxy) is 1. The van der Waals surface area contributed by atoms with Gasteiger partial charge in [0.05, 0.1) is 7.11 Å². The lowest BCUT2D eigenvalue weighted by molar-refractivity contribution is 0.284. The highest BCUT2D eigenvalue weighted by molar-refractivity contribution is 5.39. The van der Waals surface area contributed by atoms with Crippen LogP contribution in [0.15, 0.2) is 18.2 Å². The molecule has 1 aromatic carbocycles. The highest BCUT2D eigenvalue weighted by Crippen LogP contribution is 2.28. The molecule has 0 aliphatic rings. The molecular weight excluding hydrogens is 212 g/mol. The summed E-state index contributed by atoms with van der Waals surface area (Å²) in [5.41, 5.74) is 2.74. The van der Waals surface area contributed by atoms with Crippen LogP contribution in [0.1, 0.15) is 44.7 Å². The molecule has 0 unspecified atom stereocenters. The van der Waals surface area contributed by atoms with Crippen LogP contribution in [0.4, 0.5) is 0 Å². The zero-order valence-electron chi connectivity index (χ0n) is 11.4. The number of benzene rings is 1. The van der Waals surface area contributed by atoms with Gasteiger partial charge in [-0.15, -0.1) is 0 Å². The monoisotopic (exact) mass is 236 g/mol. The molecule has 0 radical (unpaired) electrons. The van der Waals surface area contributed by atoms with Gasteiger partial charge in [-0.25, -0.2) is 0 Å². The van der Waals surface area contributed by atoms with Crippen LogP contribution in [0.2, 0.25) is 0 Å². The van der Waals surface area contributed by atoms with E-state index in [4.69, 9.17) is 9.84 Å². The first-order valence-corrected chi connectivity index (χ1v) is 6.27. The molecule has 0 fully saturated rings. The summed E-state index contributed by atoms with van der Waals surface area (Å²) in [4.78, 5) is 0. The van der Waals surface area contributed by atoms with Crippen LogP contribution in [0.3, 0.4) is 0 Å². The minimum Gasteiger partial charge on any atom is -0.496 e. The van der Waals surface area contributed by atoms with Crippen LogP contribution in [0.25, 0.3) is 0 Å². The predicted octanol–water partition coefficient (Wildman–Crippen LogP) is 3.31. The van der Waals surface area contributed by atoms with Gasteiger partial charge in [0.15, 0.2) is 0 Å². The van der Waals surface area contributed by atoms with E-state index in [1.54, 1.807) is 7.11 Å². The second-order valence-corrected chi connectivity index (χ2v) is 5.46. The molecule has 0 bridgehead atoms. The van der Waals surface area contributed by atoms with Crippen molar-refractivity contribution in [3.63, 3.8) is 0 Å². The van der Waals surface area contributed by atoms with E-state index in [2.05, 4.69) is 39.0 Å². The van der Waals surface area contributed by atoms with Gasteiger partial charge >= 0.3 is 0 Å². The molecule has 96 valence electrons. The summed E-state index contributed by atoms with van der Waals surface area (Å²) >= 11 is 0. The van der Waals surface area contributed by atoms with E-state index < -0.39 is 0 Å². The first-order valence-electron chi connectivity index (χ1n) is 6.27. The van der Waals surface area contributed by atoms with Gasteiger partial charge in [0.2, 0.25) is 0 Å². The maximum atomic E-state index is 8.82. The molecule has 0 aliphatic carbocycles. The summed E-state index contributed by atoms with van der Waals surface area (Å²) in [5.74, 6) is 0.955. The summed E-state index contributed by atoms with van der Waals surface area (Å²) in [6.07, 6.45) is 2.82. The summed E-state index contributed by atoms with van der Waals surface area (Å²) in [6.45, 7) is 6.91. The Morgan fingerprint density at radius 2 is 1.88 bits per heavy atom. The van der Waals surface area contributed by atoms with Gasteiger partial charge in [0, 0.05) is 6.61 Å². The van der Waals surface area contributed by atoms with Gasteiger partial charge in [-0.1, -0.05) is 32.9 Å². The predicted molar refractivity (Wildman–Crippen MR) is 71.7 cm³/mol. The number of hydrogen-bond donors (Lipinski definition) is 1. The Balaban J connectivity index is 2.90. The zero-order valence-corrected chi connectivity index (χ0v) is 11.4. The van der Waals surface area contributed by atoms with E-state index in [1.165, 1.54) is 11.1 Å². The Kier molecular flexibility index (Phi) is 5.01. The Morgan fingerprint density at radius 1 is 1.18 bits per heavy atom. The van der Waals surface area contributed by atoms with E-state index >= 15 is 0 Å². The smallest absolute Gasteiger partial charge is 0.122 e. The van der Waals surface area contributed by atoms with Crippen molar-refractivity contribution in [2.75, 3.05) is 13.7 Å². The van der Waals surface area contributed by atoms with Crippen LogP contribution in [-0.2, 0) is 11.8 Å². The molecule has 0 saturated carbocycles. The van der Waals surface area contributed by atoms with Crippen molar-refractivity contribution in [2.45, 2.75) is 45.4 Å². The number of aryl methyl sites for hydroxylation is 1. The second-order valence-electron chi connectivity index (χ2n) is 5.46. The normalized spacial score (nSPS) is 11.6. The Labute approximate surface area is 105 Å². The lowest BCUT2D eigenvalue weighted by Gasteiger charge is -2.21. The van der Waals surface area contributed by atoms with Gasteiger partial charge in [0.25, 0.3) is 0 Å². The van der Waals surface area contributed by atoms with E-state index in [0.29, 0.717) is 0 Å². The molecule has 17 heavy (non-hydrogen) atoms. The van der Waals surface area contributed by atoms with Crippen molar-refractivity contribution in [3.05, 3.63) is 29.3 Å². The van der Waals surface area contributed by atoms with Gasteiger partial charge in [-0.2, -0.15) is 0 Å². The molecule has 1 rings (SSSR count). The quantitative estimate of drug-likeness (QED) is 0.795. The van der Waals surface area contributed by atoms with E-state index in [9.17, 15) is 0 Å². The third-order valence-electron chi connectivity index (χ3n) is 3.00. The zero-order chi connectivity index (χ0) is 12.9. The Hall–Kier alpha value is -1.02. The summed E-state index contributed by atoms with van der Waals surface area (Å²) in [5, 5.41) is 8.82. The fourth-order valence-electron chi connectivity index (χ4n) is 1.87. The Morgan fingerprint density at radius 3 is 2.41 bits per heavy atom. The van der Waals surface area contributed by atoms with Crippen LogP contribution in [-0.4, -0.2) is 18.8 Å². The van der Waals surface area contributed by atoms with Gasteiger partial charge in [-0.05, 0) is 41.9 Å². The number of methoxy groups -OCH3 is 1. The fraction of sp³-hybridized carbons (Fsp3) is 0.600. The lowest BCUT2D eigenvalue weighted by atomic mass is 9.85. The molecule has 0 saturated heterocycles. The highest BCUT2D eigenvalue weighted by Gasteiger charge is 2.15. The lowest BCUT2D eigenvalue weighted by Crippen LogP contribution is -2.11. The number of rotatable bonds is 5. The van der Waals surface area contributed by atoms with Crippen molar-refractivity contribution in [1.29, 1.82) is 0 Å². The van der Waals surface area contributed by atoms with Gasteiger partial charge in [0.1, 0.15) is 5.75 Å². The summed E-state index contributed by atoms with van der Waals surface area (Å²) in [7, 11) is 1.71. The molecule has 0 aliphatic heterocycles. The number of aliphatic hydroxyl groups excluding tert-OH is 1. The topological polar surface area (TPSA) is 29.5 Å². The molecule has 0 heterocycles. The van der Waals surface area contributed by atoms with Crippen LogP contribution in [0, 0.1) is 0 Å². The molecule has 0 spiro atoms. The van der Waals surface area contributed by atoms with Crippen molar-refractivity contribution in [1.82, 2.24) is 0 Å². The maximum absolute atomic E-state index is 8.82. The average Bonchev–Trinajstić information content (AvgIpc) is 2.28. The fourth-order valence-corrected chi connectivity index (χ4v) is 1.87. The minimum atomic E-state index is 0.165. The molecule has 0 atom stereocenters. The number of aliphatic hydroxyl groups is 1. The van der Waals surface area contributed by atoms with E-state index in [-0.39, 0.29) is 12.0 Å². The van der Waals surface area contributed by atoms with E-state index in [0.717, 1.165) is 25.0 Å². The van der Waals surface area contributed by atoms with E-state index in [1.807, 2.05) is 0 Å². The van der Waals surface area contributed by atoms with Gasteiger partial charge in [-0.3, -0.25) is 0 Å². The van der Waals surface area contributed by atoms with Crippen molar-refractivity contribution in [3.8, 4) is 5.75 Å². The number of unbranched alkanes of at least 4 members (excludes halogenated alkanes) is 1. The second kappa shape index (κ2) is 6.06. The molecule has 2 nitrogen and oxygen atoms in total. The largest absolute Gasteiger partial charge is 0.496 e. The van der Waals surface area contributed by atoms with Gasteiger partial charge < -0.3 is 9.84 Å². The van der Waals surface area contributed by atoms with Crippen LogP contribution < -0.4 is 4.74 Å². The third-order valence-corrected chi connectivity index (χ3v) is 3.00. The van der Waals surface area contributed by atoms with Crippen molar-refractivity contribution >= 4 is 0 Å². The molecule has 0 aromatic heterocycles. The SMILES string of the molecule is COc1ccc(C(C)(C)C)cc1CCCCO. The first-order chi connectivity index (χ1) is 7.99. The van der Waals surface area contributed by atoms with Crippen molar-refractivity contribution < 1.29 is 9.84 Å². The highest BCUT2D eigenvalue weighted by atomic mass is 16.5. The first kappa shape index (κ1) is 14.0. The standard InChI is InChI=1S/C15H24O2/c1-15(2,3)13-8-9-14(17-4)12(11-13)7-5-6-10-16/h8-9,11,16H,5-7,10H2,1-4H3. The molecule has 1 aromatic rings. The molecular formula is C15H24O2. The summed E-state index contributed by atoms with van der Waals surface area (Å²) < 4.78 is 5.38. The van der Waals surface area contributed by atoms with Crippen LogP contribution >= 0.6 is 0 Å². The Bertz CT molecular complexity index is 350. The minimum absolute atomic E-state index is 0.165. The average molecular weight is 236 g/mol.